The molecule has 0 fully saturated rings. The van der Waals surface area contributed by atoms with Gasteiger partial charge in [-0.15, -0.1) is 0 Å². The van der Waals surface area contributed by atoms with Crippen molar-refractivity contribution in [2.75, 3.05) is 12.8 Å². The third-order valence-electron chi connectivity index (χ3n) is 3.37. The minimum atomic E-state index is 0.316. The monoisotopic (exact) mass is 273 g/mol. The van der Waals surface area contributed by atoms with Gasteiger partial charge in [0.25, 0.3) is 0 Å². The van der Waals surface area contributed by atoms with Gasteiger partial charge in [0.05, 0.1) is 7.11 Å². The highest BCUT2D eigenvalue weighted by atomic mass is 16.5. The Morgan fingerprint density at radius 2 is 1.90 bits per heavy atom. The number of imidazole rings is 1. The molecule has 108 valence electrons. The molecule has 4 heteroatoms. The number of nitrogen functional groups attached to an aromatic ring is 1. The molecule has 0 aliphatic rings. The lowest BCUT2D eigenvalue weighted by Gasteiger charge is -2.13. The van der Waals surface area contributed by atoms with E-state index in [2.05, 4.69) is 25.3 Å². The molecule has 0 spiro atoms. The van der Waals surface area contributed by atoms with Crippen LogP contribution in [0.5, 0.6) is 5.75 Å². The van der Waals surface area contributed by atoms with Crippen LogP contribution in [0.2, 0.25) is 0 Å². The number of nitrogens with two attached hydrogens (primary N) is 1. The number of nitrogens with zero attached hydrogens (tertiary/aromatic N) is 2. The molecular formula is C16H23N3O. The maximum Gasteiger partial charge on any atom is 0.131 e. The zero-order valence-electron chi connectivity index (χ0n) is 12.7. The van der Waals surface area contributed by atoms with E-state index in [4.69, 9.17) is 15.5 Å². The number of methoxy groups -OCH3 is 1. The molecule has 4 nitrogen and oxygen atoms in total. The van der Waals surface area contributed by atoms with Crippen molar-refractivity contribution in [1.29, 1.82) is 0 Å². The summed E-state index contributed by atoms with van der Waals surface area (Å²) in [6.07, 6.45) is 2.00. The molecule has 20 heavy (non-hydrogen) atoms. The van der Waals surface area contributed by atoms with Gasteiger partial charge in [0.1, 0.15) is 23.1 Å². The maximum absolute atomic E-state index is 6.31. The second-order valence-corrected chi connectivity index (χ2v) is 5.20. The van der Waals surface area contributed by atoms with Crippen LogP contribution in [0.25, 0.3) is 11.3 Å². The zero-order chi connectivity index (χ0) is 14.7. The molecule has 0 atom stereocenters. The van der Waals surface area contributed by atoms with Crippen LogP contribution < -0.4 is 10.5 Å². The Morgan fingerprint density at radius 3 is 2.40 bits per heavy atom. The van der Waals surface area contributed by atoms with Crippen molar-refractivity contribution in [1.82, 2.24) is 9.55 Å². The predicted octanol–water partition coefficient (Wildman–Crippen LogP) is 3.67. The molecule has 0 radical (unpaired) electrons. The average Bonchev–Trinajstić information content (AvgIpc) is 2.76. The first-order valence-corrected chi connectivity index (χ1v) is 7.09. The maximum atomic E-state index is 6.31. The summed E-state index contributed by atoms with van der Waals surface area (Å²) < 4.78 is 7.31. The van der Waals surface area contributed by atoms with Gasteiger partial charge in [0.2, 0.25) is 0 Å². The third-order valence-corrected chi connectivity index (χ3v) is 3.37. The van der Waals surface area contributed by atoms with Crippen LogP contribution in [0.4, 0.5) is 5.82 Å². The summed E-state index contributed by atoms with van der Waals surface area (Å²) in [5.74, 6) is 2.64. The molecule has 1 heterocycles. The van der Waals surface area contributed by atoms with E-state index in [1.165, 1.54) is 0 Å². The van der Waals surface area contributed by atoms with E-state index in [0.29, 0.717) is 6.04 Å². The first-order chi connectivity index (χ1) is 9.58. The molecule has 0 unspecified atom stereocenters. The highest BCUT2D eigenvalue weighted by Crippen LogP contribution is 2.30. The van der Waals surface area contributed by atoms with Gasteiger partial charge >= 0.3 is 0 Å². The SMILES string of the molecule is CCCc1nc(-c2ccc(OC)cc2)c(N)n1C(C)C. The predicted molar refractivity (Wildman–Crippen MR) is 83.0 cm³/mol. The lowest BCUT2D eigenvalue weighted by Crippen LogP contribution is -2.09. The van der Waals surface area contributed by atoms with E-state index in [9.17, 15) is 0 Å². The Bertz CT molecular complexity index is 570. The Hall–Kier alpha value is -1.97. The number of anilines is 1. The number of hydrogen-bond acceptors (Lipinski definition) is 3. The Balaban J connectivity index is 2.47. The summed E-state index contributed by atoms with van der Waals surface area (Å²) in [7, 11) is 1.66. The molecule has 1 aromatic carbocycles. The Morgan fingerprint density at radius 1 is 1.25 bits per heavy atom. The quantitative estimate of drug-likeness (QED) is 0.904. The second-order valence-electron chi connectivity index (χ2n) is 5.20. The molecule has 2 aromatic rings. The third kappa shape index (κ3) is 2.64. The van der Waals surface area contributed by atoms with Crippen molar-refractivity contribution < 1.29 is 4.74 Å². The van der Waals surface area contributed by atoms with E-state index in [-0.39, 0.29) is 0 Å². The fourth-order valence-corrected chi connectivity index (χ4v) is 2.43. The van der Waals surface area contributed by atoms with Crippen LogP contribution in [0.15, 0.2) is 24.3 Å². The summed E-state index contributed by atoms with van der Waals surface area (Å²) in [5, 5.41) is 0. The molecular weight excluding hydrogens is 250 g/mol. The highest BCUT2D eigenvalue weighted by molar-refractivity contribution is 5.71. The molecule has 0 aliphatic carbocycles. The first-order valence-electron chi connectivity index (χ1n) is 7.09. The van der Waals surface area contributed by atoms with Gasteiger partial charge < -0.3 is 15.0 Å². The van der Waals surface area contributed by atoms with Gasteiger partial charge in [-0.2, -0.15) is 0 Å². The van der Waals surface area contributed by atoms with E-state index in [1.807, 2.05) is 24.3 Å². The lowest BCUT2D eigenvalue weighted by molar-refractivity contribution is 0.415. The number of ether oxygens (including phenoxy) is 1. The molecule has 0 aliphatic heterocycles. The summed E-state index contributed by atoms with van der Waals surface area (Å²) >= 11 is 0. The molecule has 0 saturated carbocycles. The largest absolute Gasteiger partial charge is 0.497 e. The summed E-state index contributed by atoms with van der Waals surface area (Å²) in [6, 6.07) is 8.18. The van der Waals surface area contributed by atoms with E-state index < -0.39 is 0 Å². The fraction of sp³-hybridized carbons (Fsp3) is 0.438. The van der Waals surface area contributed by atoms with Crippen molar-refractivity contribution in [2.45, 2.75) is 39.7 Å². The Labute approximate surface area is 120 Å². The lowest BCUT2D eigenvalue weighted by atomic mass is 10.1. The van der Waals surface area contributed by atoms with Crippen LogP contribution in [0, 0.1) is 0 Å². The summed E-state index contributed by atoms with van der Waals surface area (Å²) in [6.45, 7) is 6.42. The molecule has 0 saturated heterocycles. The number of rotatable bonds is 5. The van der Waals surface area contributed by atoms with Crippen molar-refractivity contribution in [3.63, 3.8) is 0 Å². The number of benzene rings is 1. The average molecular weight is 273 g/mol. The summed E-state index contributed by atoms with van der Waals surface area (Å²) in [4.78, 5) is 4.74. The first kappa shape index (κ1) is 14.4. The van der Waals surface area contributed by atoms with Crippen LogP contribution >= 0.6 is 0 Å². The van der Waals surface area contributed by atoms with Gasteiger partial charge in [-0.1, -0.05) is 6.92 Å². The van der Waals surface area contributed by atoms with Crippen molar-refractivity contribution >= 4 is 5.82 Å². The molecule has 2 N–H and O–H groups in total. The van der Waals surface area contributed by atoms with E-state index in [0.717, 1.165) is 41.5 Å². The molecule has 0 amide bonds. The van der Waals surface area contributed by atoms with Crippen molar-refractivity contribution in [2.24, 2.45) is 0 Å². The number of aromatic nitrogens is 2. The van der Waals surface area contributed by atoms with Gasteiger partial charge in [-0.25, -0.2) is 4.98 Å². The topological polar surface area (TPSA) is 53.1 Å². The number of aryl methyl sites for hydroxylation is 1. The standard InChI is InChI=1S/C16H23N3O/c1-5-6-14-18-15(16(17)19(14)11(2)3)12-7-9-13(20-4)10-8-12/h7-11H,5-6,17H2,1-4H3. The van der Waals surface area contributed by atoms with Crippen LogP contribution in [0.3, 0.4) is 0 Å². The molecule has 0 bridgehead atoms. The molecule has 1 aromatic heterocycles. The smallest absolute Gasteiger partial charge is 0.131 e. The van der Waals surface area contributed by atoms with E-state index in [1.54, 1.807) is 7.11 Å². The van der Waals surface area contributed by atoms with E-state index >= 15 is 0 Å². The van der Waals surface area contributed by atoms with Crippen LogP contribution in [-0.4, -0.2) is 16.7 Å². The van der Waals surface area contributed by atoms with Gasteiger partial charge in [-0.3, -0.25) is 0 Å². The minimum absolute atomic E-state index is 0.316. The highest BCUT2D eigenvalue weighted by Gasteiger charge is 2.17. The van der Waals surface area contributed by atoms with Crippen LogP contribution in [0.1, 0.15) is 39.1 Å². The number of hydrogen-bond donors (Lipinski definition) is 1. The fourth-order valence-electron chi connectivity index (χ4n) is 2.43. The summed E-state index contributed by atoms with van der Waals surface area (Å²) in [5.41, 5.74) is 8.20. The van der Waals surface area contributed by atoms with Gasteiger partial charge in [0, 0.05) is 18.0 Å². The van der Waals surface area contributed by atoms with Gasteiger partial charge in [0.15, 0.2) is 0 Å². The van der Waals surface area contributed by atoms with Crippen molar-refractivity contribution in [3.8, 4) is 17.0 Å². The zero-order valence-corrected chi connectivity index (χ0v) is 12.7. The van der Waals surface area contributed by atoms with Crippen molar-refractivity contribution in [3.05, 3.63) is 30.1 Å². The second kappa shape index (κ2) is 5.99. The molecule has 2 rings (SSSR count). The minimum Gasteiger partial charge on any atom is -0.497 e. The van der Waals surface area contributed by atoms with Gasteiger partial charge in [-0.05, 0) is 44.5 Å². The normalized spacial score (nSPS) is 11.1. The van der Waals surface area contributed by atoms with Crippen LogP contribution in [-0.2, 0) is 6.42 Å². The Kier molecular flexibility index (Phi) is 4.32.